The first-order chi connectivity index (χ1) is 9.13. The Bertz CT molecular complexity index is 754. The van der Waals surface area contributed by atoms with Crippen molar-refractivity contribution in [1.29, 1.82) is 0 Å². The van der Waals surface area contributed by atoms with Crippen molar-refractivity contribution in [2.45, 2.75) is 0 Å². The molecule has 0 aliphatic heterocycles. The summed E-state index contributed by atoms with van der Waals surface area (Å²) < 4.78 is 4.60. The molecular weight excluding hydrogens is 440 g/mol. The van der Waals surface area contributed by atoms with Gasteiger partial charge >= 0.3 is 0 Å². The van der Waals surface area contributed by atoms with Crippen LogP contribution in [0.3, 0.4) is 0 Å². The van der Waals surface area contributed by atoms with Gasteiger partial charge < -0.3 is 9.72 Å². The van der Waals surface area contributed by atoms with Gasteiger partial charge in [0.1, 0.15) is 4.60 Å². The maximum atomic E-state index is 4.43. The normalized spacial score (nSPS) is 10.9. The van der Waals surface area contributed by atoms with E-state index in [1.807, 2.05) is 35.0 Å². The highest BCUT2D eigenvalue weighted by atomic mass is 79.9. The van der Waals surface area contributed by atoms with E-state index < -0.39 is 0 Å². The van der Waals surface area contributed by atoms with Gasteiger partial charge in [0.05, 0.1) is 5.69 Å². The Hall–Kier alpha value is -0.920. The molecule has 0 atom stereocenters. The SMILES string of the molecule is Brc1ccc(Br)c(Nc2nc(Br)cn3ccnc23)c1. The summed E-state index contributed by atoms with van der Waals surface area (Å²) in [5, 5.41) is 3.28. The molecule has 1 N–H and O–H groups in total. The lowest BCUT2D eigenvalue weighted by Crippen LogP contribution is -1.99. The Morgan fingerprint density at radius 1 is 1.16 bits per heavy atom. The fourth-order valence-electron chi connectivity index (χ4n) is 1.71. The maximum absolute atomic E-state index is 4.43. The van der Waals surface area contributed by atoms with Crippen molar-refractivity contribution in [2.75, 3.05) is 5.32 Å². The van der Waals surface area contributed by atoms with Crippen molar-refractivity contribution in [3.63, 3.8) is 0 Å². The van der Waals surface area contributed by atoms with Crippen LogP contribution < -0.4 is 5.32 Å². The molecular formula is C12H7Br3N4. The molecule has 4 nitrogen and oxygen atoms in total. The minimum atomic E-state index is 0.693. The fourth-order valence-corrected chi connectivity index (χ4v) is 2.81. The number of imidazole rings is 1. The monoisotopic (exact) mass is 444 g/mol. The molecule has 96 valence electrons. The van der Waals surface area contributed by atoms with Gasteiger partial charge in [0, 0.05) is 27.5 Å². The maximum Gasteiger partial charge on any atom is 0.180 e. The van der Waals surface area contributed by atoms with E-state index in [4.69, 9.17) is 0 Å². The molecule has 7 heteroatoms. The van der Waals surface area contributed by atoms with Gasteiger partial charge in [-0.05, 0) is 50.1 Å². The Balaban J connectivity index is 2.10. The highest BCUT2D eigenvalue weighted by Gasteiger charge is 2.08. The van der Waals surface area contributed by atoms with Crippen LogP contribution in [0.1, 0.15) is 0 Å². The van der Waals surface area contributed by atoms with Crippen molar-refractivity contribution < 1.29 is 0 Å². The topological polar surface area (TPSA) is 42.2 Å². The second-order valence-electron chi connectivity index (χ2n) is 3.82. The summed E-state index contributed by atoms with van der Waals surface area (Å²) in [6.45, 7) is 0. The Kier molecular flexibility index (Phi) is 3.60. The molecule has 0 saturated carbocycles. The average molecular weight is 447 g/mol. The van der Waals surface area contributed by atoms with Crippen molar-refractivity contribution in [2.24, 2.45) is 0 Å². The summed E-state index contributed by atoms with van der Waals surface area (Å²) in [4.78, 5) is 8.72. The molecule has 0 amide bonds. The van der Waals surface area contributed by atoms with Crippen LogP contribution in [0.4, 0.5) is 11.5 Å². The first-order valence-electron chi connectivity index (χ1n) is 5.35. The fraction of sp³-hybridized carbons (Fsp3) is 0. The van der Waals surface area contributed by atoms with Gasteiger partial charge in [-0.1, -0.05) is 15.9 Å². The van der Waals surface area contributed by atoms with E-state index in [9.17, 15) is 0 Å². The van der Waals surface area contributed by atoms with Gasteiger partial charge in [-0.15, -0.1) is 0 Å². The number of anilines is 2. The van der Waals surface area contributed by atoms with Crippen LogP contribution >= 0.6 is 47.8 Å². The minimum absolute atomic E-state index is 0.693. The Labute approximate surface area is 134 Å². The molecule has 19 heavy (non-hydrogen) atoms. The number of benzene rings is 1. The Morgan fingerprint density at radius 2 is 2.00 bits per heavy atom. The molecule has 0 aliphatic carbocycles. The summed E-state index contributed by atoms with van der Waals surface area (Å²) >= 11 is 10.4. The second-order valence-corrected chi connectivity index (χ2v) is 6.40. The number of halogens is 3. The van der Waals surface area contributed by atoms with Crippen LogP contribution in [0.15, 0.2) is 50.3 Å². The van der Waals surface area contributed by atoms with Gasteiger partial charge in [-0.2, -0.15) is 0 Å². The summed E-state index contributed by atoms with van der Waals surface area (Å²) in [6.07, 6.45) is 5.48. The quantitative estimate of drug-likeness (QED) is 0.617. The van der Waals surface area contributed by atoms with E-state index >= 15 is 0 Å². The standard InChI is InChI=1S/C12H7Br3N4/c13-7-1-2-8(14)9(5-7)17-11-12-16-3-4-19(12)6-10(15)18-11/h1-6H,(H,17,18). The predicted molar refractivity (Wildman–Crippen MR) is 85.8 cm³/mol. The first kappa shape index (κ1) is 13.1. The molecule has 0 radical (unpaired) electrons. The van der Waals surface area contributed by atoms with Crippen molar-refractivity contribution in [3.8, 4) is 0 Å². The summed E-state index contributed by atoms with van der Waals surface area (Å²) in [5.74, 6) is 0.693. The van der Waals surface area contributed by atoms with Crippen LogP contribution in [0.5, 0.6) is 0 Å². The van der Waals surface area contributed by atoms with Gasteiger partial charge in [0.25, 0.3) is 0 Å². The van der Waals surface area contributed by atoms with Gasteiger partial charge in [-0.25, -0.2) is 9.97 Å². The van der Waals surface area contributed by atoms with Crippen molar-refractivity contribution in [1.82, 2.24) is 14.4 Å². The molecule has 1 aromatic carbocycles. The number of fused-ring (bicyclic) bond motifs is 1. The summed E-state index contributed by atoms with van der Waals surface area (Å²) in [6, 6.07) is 5.91. The van der Waals surface area contributed by atoms with E-state index in [1.54, 1.807) is 6.20 Å². The number of hydrogen-bond donors (Lipinski definition) is 1. The molecule has 2 heterocycles. The lowest BCUT2D eigenvalue weighted by molar-refractivity contribution is 1.10. The van der Waals surface area contributed by atoms with Crippen LogP contribution in [0.2, 0.25) is 0 Å². The van der Waals surface area contributed by atoms with Crippen molar-refractivity contribution >= 4 is 64.9 Å². The minimum Gasteiger partial charge on any atom is -0.336 e. The van der Waals surface area contributed by atoms with Crippen LogP contribution in [-0.4, -0.2) is 14.4 Å². The molecule has 0 saturated heterocycles. The third-order valence-electron chi connectivity index (χ3n) is 2.53. The highest BCUT2D eigenvalue weighted by Crippen LogP contribution is 2.30. The molecule has 0 unspecified atom stereocenters. The van der Waals surface area contributed by atoms with E-state index in [1.165, 1.54) is 0 Å². The van der Waals surface area contributed by atoms with Gasteiger partial charge in [0.15, 0.2) is 11.5 Å². The van der Waals surface area contributed by atoms with Crippen molar-refractivity contribution in [3.05, 3.63) is 50.3 Å². The van der Waals surface area contributed by atoms with E-state index in [0.717, 1.165) is 24.9 Å². The lowest BCUT2D eigenvalue weighted by atomic mass is 10.3. The molecule has 0 aliphatic rings. The number of aromatic nitrogens is 3. The summed E-state index contributed by atoms with van der Waals surface area (Å²) in [5.41, 5.74) is 1.69. The van der Waals surface area contributed by atoms with E-state index in [0.29, 0.717) is 5.82 Å². The summed E-state index contributed by atoms with van der Waals surface area (Å²) in [7, 11) is 0. The zero-order chi connectivity index (χ0) is 13.4. The van der Waals surface area contributed by atoms with Crippen LogP contribution in [0.25, 0.3) is 5.65 Å². The smallest absolute Gasteiger partial charge is 0.180 e. The van der Waals surface area contributed by atoms with E-state index in [-0.39, 0.29) is 0 Å². The zero-order valence-electron chi connectivity index (χ0n) is 9.44. The number of nitrogens with zero attached hydrogens (tertiary/aromatic N) is 3. The van der Waals surface area contributed by atoms with Crippen LogP contribution in [0, 0.1) is 0 Å². The number of rotatable bonds is 2. The predicted octanol–water partition coefficient (Wildman–Crippen LogP) is 4.76. The number of hydrogen-bond acceptors (Lipinski definition) is 3. The second kappa shape index (κ2) is 5.22. The van der Waals surface area contributed by atoms with Gasteiger partial charge in [0.2, 0.25) is 0 Å². The largest absolute Gasteiger partial charge is 0.336 e. The molecule has 3 rings (SSSR count). The molecule has 2 aromatic heterocycles. The highest BCUT2D eigenvalue weighted by molar-refractivity contribution is 9.11. The Morgan fingerprint density at radius 3 is 2.84 bits per heavy atom. The molecule has 0 spiro atoms. The number of nitrogens with one attached hydrogen (secondary N) is 1. The van der Waals surface area contributed by atoms with Crippen LogP contribution in [-0.2, 0) is 0 Å². The van der Waals surface area contributed by atoms with Gasteiger partial charge in [-0.3, -0.25) is 0 Å². The zero-order valence-corrected chi connectivity index (χ0v) is 14.2. The first-order valence-corrected chi connectivity index (χ1v) is 7.73. The third kappa shape index (κ3) is 2.68. The molecule has 3 aromatic rings. The average Bonchev–Trinajstić information content (AvgIpc) is 2.82. The lowest BCUT2D eigenvalue weighted by Gasteiger charge is -2.09. The molecule has 0 fully saturated rings. The third-order valence-corrected chi connectivity index (χ3v) is 4.09. The molecule has 0 bridgehead atoms. The van der Waals surface area contributed by atoms with E-state index in [2.05, 4.69) is 63.1 Å².